The number of nitrogens with zero attached hydrogens (tertiary/aromatic N) is 3. The van der Waals surface area contributed by atoms with Crippen molar-refractivity contribution in [2.24, 2.45) is 13.0 Å². The van der Waals surface area contributed by atoms with E-state index in [0.29, 0.717) is 18.4 Å². The second kappa shape index (κ2) is 6.65. The number of aliphatic hydroxyl groups excluding tert-OH is 1. The van der Waals surface area contributed by atoms with E-state index in [9.17, 15) is 9.90 Å². The van der Waals surface area contributed by atoms with Gasteiger partial charge < -0.3 is 15.3 Å². The first-order valence-corrected chi connectivity index (χ1v) is 8.19. The molecule has 6 nitrogen and oxygen atoms in total. The van der Waals surface area contributed by atoms with E-state index in [0.717, 1.165) is 11.3 Å². The number of rotatable bonds is 5. The molecule has 1 heterocycles. The van der Waals surface area contributed by atoms with Gasteiger partial charge in [0.25, 0.3) is 5.91 Å². The molecule has 2 N–H and O–H groups in total. The second-order valence-electron chi connectivity index (χ2n) is 6.73. The Hall–Kier alpha value is -2.34. The SMILES string of the molecule is CN(C)c1cccc(C(=O)N[C@@H](c2cnn(C)c2)C2CC(O)C2)c1. The van der Waals surface area contributed by atoms with Gasteiger partial charge in [-0.05, 0) is 37.0 Å². The maximum absolute atomic E-state index is 12.7. The Balaban J connectivity index is 1.79. The summed E-state index contributed by atoms with van der Waals surface area (Å²) in [5.74, 6) is 0.138. The molecule has 0 unspecified atom stereocenters. The van der Waals surface area contributed by atoms with E-state index in [1.54, 1.807) is 10.9 Å². The van der Waals surface area contributed by atoms with Crippen molar-refractivity contribution in [1.29, 1.82) is 0 Å². The Bertz CT molecular complexity index is 719. The third-order valence-electron chi connectivity index (χ3n) is 4.62. The van der Waals surface area contributed by atoms with Gasteiger partial charge in [-0.25, -0.2) is 0 Å². The highest BCUT2D eigenvalue weighted by atomic mass is 16.3. The first-order valence-electron chi connectivity index (χ1n) is 8.19. The van der Waals surface area contributed by atoms with E-state index in [4.69, 9.17) is 0 Å². The molecule has 0 aliphatic heterocycles. The highest BCUT2D eigenvalue weighted by molar-refractivity contribution is 5.95. The summed E-state index contributed by atoms with van der Waals surface area (Å²) >= 11 is 0. The lowest BCUT2D eigenvalue weighted by molar-refractivity contribution is 0.0235. The largest absolute Gasteiger partial charge is 0.393 e. The predicted molar refractivity (Wildman–Crippen MR) is 92.9 cm³/mol. The van der Waals surface area contributed by atoms with Crippen LogP contribution < -0.4 is 10.2 Å². The Labute approximate surface area is 142 Å². The summed E-state index contributed by atoms with van der Waals surface area (Å²) in [6.45, 7) is 0. The van der Waals surface area contributed by atoms with Gasteiger partial charge in [0.2, 0.25) is 0 Å². The average molecular weight is 328 g/mol. The number of hydrogen-bond donors (Lipinski definition) is 2. The number of hydrogen-bond acceptors (Lipinski definition) is 4. The van der Waals surface area contributed by atoms with E-state index in [-0.39, 0.29) is 24.0 Å². The van der Waals surface area contributed by atoms with Crippen LogP contribution in [0.25, 0.3) is 0 Å². The summed E-state index contributed by atoms with van der Waals surface area (Å²) < 4.78 is 1.73. The normalized spacial score (nSPS) is 21.0. The monoisotopic (exact) mass is 328 g/mol. The lowest BCUT2D eigenvalue weighted by Crippen LogP contribution is -2.41. The molecule has 24 heavy (non-hydrogen) atoms. The molecule has 1 saturated carbocycles. The molecule has 1 aliphatic rings. The molecular formula is C18H24N4O2. The van der Waals surface area contributed by atoms with E-state index in [2.05, 4.69) is 10.4 Å². The minimum atomic E-state index is -0.261. The molecule has 1 aromatic heterocycles. The van der Waals surface area contributed by atoms with E-state index < -0.39 is 0 Å². The number of aliphatic hydroxyl groups is 1. The molecule has 0 radical (unpaired) electrons. The minimum absolute atomic E-state index is 0.103. The number of aromatic nitrogens is 2. The molecule has 0 spiro atoms. The van der Waals surface area contributed by atoms with Gasteiger partial charge in [-0.1, -0.05) is 6.07 Å². The second-order valence-corrected chi connectivity index (χ2v) is 6.73. The van der Waals surface area contributed by atoms with Crippen molar-refractivity contribution < 1.29 is 9.90 Å². The van der Waals surface area contributed by atoms with Crippen LogP contribution in [-0.4, -0.2) is 41.0 Å². The van der Waals surface area contributed by atoms with Crippen molar-refractivity contribution in [2.75, 3.05) is 19.0 Å². The fraction of sp³-hybridized carbons (Fsp3) is 0.444. The minimum Gasteiger partial charge on any atom is -0.393 e. The number of amides is 1. The molecule has 128 valence electrons. The number of nitrogens with one attached hydrogen (secondary N) is 1. The van der Waals surface area contributed by atoms with Crippen molar-refractivity contribution >= 4 is 11.6 Å². The topological polar surface area (TPSA) is 70.4 Å². The highest BCUT2D eigenvalue weighted by Gasteiger charge is 2.36. The maximum Gasteiger partial charge on any atom is 0.251 e. The van der Waals surface area contributed by atoms with Gasteiger partial charge in [0.15, 0.2) is 0 Å². The Kier molecular flexibility index (Phi) is 4.57. The third-order valence-corrected chi connectivity index (χ3v) is 4.62. The van der Waals surface area contributed by atoms with Gasteiger partial charge in [-0.15, -0.1) is 0 Å². The molecule has 6 heteroatoms. The van der Waals surface area contributed by atoms with Crippen molar-refractivity contribution in [3.8, 4) is 0 Å². The van der Waals surface area contributed by atoms with Gasteiger partial charge in [0.05, 0.1) is 18.3 Å². The summed E-state index contributed by atoms with van der Waals surface area (Å²) in [7, 11) is 5.76. The van der Waals surface area contributed by atoms with Crippen LogP contribution in [0.15, 0.2) is 36.7 Å². The predicted octanol–water partition coefficient (Wildman–Crippen LogP) is 1.73. The Morgan fingerprint density at radius 1 is 1.42 bits per heavy atom. The Morgan fingerprint density at radius 3 is 2.75 bits per heavy atom. The van der Waals surface area contributed by atoms with Crippen LogP contribution >= 0.6 is 0 Å². The standard InChI is InChI=1S/C18H24N4O2/c1-21(2)15-6-4-5-12(7-15)18(24)20-17(13-8-16(23)9-13)14-10-19-22(3)11-14/h4-7,10-11,13,16-17,23H,8-9H2,1-3H3,(H,20,24)/t13?,16?,17-/m1/s1. The van der Waals surface area contributed by atoms with Crippen LogP contribution in [0, 0.1) is 5.92 Å². The zero-order valence-corrected chi connectivity index (χ0v) is 14.3. The van der Waals surface area contributed by atoms with Crippen molar-refractivity contribution in [3.63, 3.8) is 0 Å². The zero-order chi connectivity index (χ0) is 17.3. The van der Waals surface area contributed by atoms with E-state index >= 15 is 0 Å². The number of aryl methyl sites for hydroxylation is 1. The molecule has 0 bridgehead atoms. The number of anilines is 1. The molecule has 1 amide bonds. The van der Waals surface area contributed by atoms with Crippen LogP contribution in [0.4, 0.5) is 5.69 Å². The first-order chi connectivity index (χ1) is 11.4. The summed E-state index contributed by atoms with van der Waals surface area (Å²) in [4.78, 5) is 14.7. The molecule has 2 aromatic rings. The third kappa shape index (κ3) is 3.43. The van der Waals surface area contributed by atoms with Crippen molar-refractivity contribution in [3.05, 3.63) is 47.8 Å². The Morgan fingerprint density at radius 2 is 2.17 bits per heavy atom. The fourth-order valence-electron chi connectivity index (χ4n) is 3.13. The molecule has 1 fully saturated rings. The first kappa shape index (κ1) is 16.5. The molecule has 3 rings (SSSR count). The lowest BCUT2D eigenvalue weighted by Gasteiger charge is -2.37. The van der Waals surface area contributed by atoms with Crippen molar-refractivity contribution in [2.45, 2.75) is 25.0 Å². The maximum atomic E-state index is 12.7. The van der Waals surface area contributed by atoms with Crippen LogP contribution in [0.2, 0.25) is 0 Å². The van der Waals surface area contributed by atoms with Crippen LogP contribution in [0.1, 0.15) is 34.8 Å². The van der Waals surface area contributed by atoms with Gasteiger partial charge >= 0.3 is 0 Å². The lowest BCUT2D eigenvalue weighted by atomic mass is 9.75. The number of carbonyl (C=O) groups is 1. The molecule has 1 atom stereocenters. The van der Waals surface area contributed by atoms with E-state index in [1.165, 1.54) is 0 Å². The highest BCUT2D eigenvalue weighted by Crippen LogP contribution is 2.38. The van der Waals surface area contributed by atoms with Crippen molar-refractivity contribution in [1.82, 2.24) is 15.1 Å². The molecule has 1 aliphatic carbocycles. The quantitative estimate of drug-likeness (QED) is 0.877. The van der Waals surface area contributed by atoms with Gasteiger partial charge in [0.1, 0.15) is 0 Å². The number of benzene rings is 1. The number of carbonyl (C=O) groups excluding carboxylic acids is 1. The van der Waals surface area contributed by atoms with E-state index in [1.807, 2.05) is 56.5 Å². The smallest absolute Gasteiger partial charge is 0.251 e. The average Bonchev–Trinajstić information content (AvgIpc) is 2.96. The molecular weight excluding hydrogens is 304 g/mol. The van der Waals surface area contributed by atoms with Crippen LogP contribution in [-0.2, 0) is 7.05 Å². The van der Waals surface area contributed by atoms with Crippen LogP contribution in [0.3, 0.4) is 0 Å². The molecule has 1 aromatic carbocycles. The summed E-state index contributed by atoms with van der Waals surface area (Å²) in [6.07, 6.45) is 4.86. The van der Waals surface area contributed by atoms with Gasteiger partial charge in [0, 0.05) is 44.2 Å². The van der Waals surface area contributed by atoms with Crippen LogP contribution in [0.5, 0.6) is 0 Å². The zero-order valence-electron chi connectivity index (χ0n) is 14.3. The van der Waals surface area contributed by atoms with Gasteiger partial charge in [-0.3, -0.25) is 9.48 Å². The fourth-order valence-corrected chi connectivity index (χ4v) is 3.13. The summed E-state index contributed by atoms with van der Waals surface area (Å²) in [5, 5.41) is 17.0. The van der Waals surface area contributed by atoms with Gasteiger partial charge in [-0.2, -0.15) is 5.10 Å². The molecule has 0 saturated heterocycles. The summed E-state index contributed by atoms with van der Waals surface area (Å²) in [6, 6.07) is 7.43. The summed E-state index contributed by atoms with van der Waals surface area (Å²) in [5.41, 5.74) is 2.60.